The van der Waals surface area contributed by atoms with E-state index in [9.17, 15) is 18.0 Å². The fraction of sp³-hybridized carbons (Fsp3) is 0.417. The summed E-state index contributed by atoms with van der Waals surface area (Å²) in [5.74, 6) is -0.800. The number of alkyl halides is 3. The number of carbonyl (C=O) groups is 1. The number of nitrogens with one attached hydrogen (secondary N) is 1. The maximum absolute atomic E-state index is 12.3. The minimum atomic E-state index is -4.79. The summed E-state index contributed by atoms with van der Waals surface area (Å²) in [6, 6.07) is 4.13. The number of halogens is 4. The van der Waals surface area contributed by atoms with E-state index in [2.05, 4.69) is 10.1 Å². The van der Waals surface area contributed by atoms with Gasteiger partial charge in [0, 0.05) is 19.6 Å². The predicted octanol–water partition coefficient (Wildman–Crippen LogP) is 2.11. The monoisotopic (exact) mass is 308 g/mol. The summed E-state index contributed by atoms with van der Waals surface area (Å²) in [4.78, 5) is 13.8. The smallest absolute Gasteiger partial charge is 0.405 e. The molecule has 1 atom stereocenters. The van der Waals surface area contributed by atoms with Gasteiger partial charge in [-0.3, -0.25) is 4.79 Å². The molecule has 0 radical (unpaired) electrons. The van der Waals surface area contributed by atoms with Crippen LogP contribution in [0.3, 0.4) is 0 Å². The molecule has 4 nitrogen and oxygen atoms in total. The quantitative estimate of drug-likeness (QED) is 0.864. The van der Waals surface area contributed by atoms with E-state index in [4.69, 9.17) is 0 Å². The molecule has 1 N–H and O–H groups in total. The molecule has 0 aromatic heterocycles. The molecule has 1 saturated heterocycles. The summed E-state index contributed by atoms with van der Waals surface area (Å²) in [6.45, 7) is 1.68. The lowest BCUT2D eigenvalue weighted by molar-refractivity contribution is -0.274. The van der Waals surface area contributed by atoms with Crippen molar-refractivity contribution in [1.29, 1.82) is 0 Å². The van der Waals surface area contributed by atoms with Crippen LogP contribution in [0.4, 0.5) is 13.2 Å². The van der Waals surface area contributed by atoms with Crippen LogP contribution in [0.25, 0.3) is 0 Å². The number of hydrogen-bond acceptors (Lipinski definition) is 3. The molecule has 0 aliphatic carbocycles. The molecule has 1 fully saturated rings. The molecule has 2 heterocycles. The van der Waals surface area contributed by atoms with Gasteiger partial charge >= 0.3 is 6.36 Å². The fourth-order valence-corrected chi connectivity index (χ4v) is 2.63. The van der Waals surface area contributed by atoms with Gasteiger partial charge in [-0.2, -0.15) is 0 Å². The number of carbonyl (C=O) groups excluding carboxylic acids is 1. The van der Waals surface area contributed by atoms with E-state index in [1.54, 1.807) is 11.0 Å². The molecular formula is C12H12ClF3N2O2. The van der Waals surface area contributed by atoms with Gasteiger partial charge < -0.3 is 15.0 Å². The van der Waals surface area contributed by atoms with E-state index in [-0.39, 0.29) is 29.9 Å². The number of nitrogens with zero attached hydrogens (tertiary/aromatic N) is 1. The van der Waals surface area contributed by atoms with Gasteiger partial charge in [0.2, 0.25) is 0 Å². The lowest BCUT2D eigenvalue weighted by Gasteiger charge is -2.30. The topological polar surface area (TPSA) is 41.6 Å². The molecule has 1 aromatic rings. The molecule has 8 heteroatoms. The third-order valence-electron chi connectivity index (χ3n) is 3.36. The van der Waals surface area contributed by atoms with Crippen LogP contribution in [-0.2, 0) is 0 Å². The Hall–Kier alpha value is -1.47. The van der Waals surface area contributed by atoms with Crippen molar-refractivity contribution in [2.24, 2.45) is 0 Å². The highest BCUT2D eigenvalue weighted by Gasteiger charge is 2.42. The summed E-state index contributed by atoms with van der Waals surface area (Å²) in [6.07, 6.45) is -4.79. The van der Waals surface area contributed by atoms with Crippen molar-refractivity contribution in [3.05, 3.63) is 29.3 Å². The van der Waals surface area contributed by atoms with E-state index in [0.29, 0.717) is 25.2 Å². The van der Waals surface area contributed by atoms with E-state index in [0.717, 1.165) is 0 Å². The molecule has 2 aliphatic heterocycles. The normalized spacial score (nSPS) is 21.1. The lowest BCUT2D eigenvalue weighted by Crippen LogP contribution is -2.44. The highest BCUT2D eigenvalue weighted by molar-refractivity contribution is 6.02. The number of fused-ring (bicyclic) bond motifs is 3. The van der Waals surface area contributed by atoms with Crippen molar-refractivity contribution in [2.75, 3.05) is 19.6 Å². The third-order valence-corrected chi connectivity index (χ3v) is 3.36. The molecule has 1 amide bonds. The number of benzene rings is 1. The van der Waals surface area contributed by atoms with Crippen molar-refractivity contribution < 1.29 is 22.7 Å². The van der Waals surface area contributed by atoms with Crippen LogP contribution < -0.4 is 10.1 Å². The Morgan fingerprint density at radius 2 is 2.10 bits per heavy atom. The summed E-state index contributed by atoms with van der Waals surface area (Å²) >= 11 is 0. The van der Waals surface area contributed by atoms with Crippen molar-refractivity contribution in [1.82, 2.24) is 10.2 Å². The Kier molecular flexibility index (Phi) is 3.84. The Morgan fingerprint density at radius 3 is 2.80 bits per heavy atom. The third kappa shape index (κ3) is 2.43. The zero-order valence-corrected chi connectivity index (χ0v) is 11.1. The summed E-state index contributed by atoms with van der Waals surface area (Å²) < 4.78 is 41.0. The van der Waals surface area contributed by atoms with Crippen LogP contribution in [0.2, 0.25) is 0 Å². The second kappa shape index (κ2) is 5.14. The van der Waals surface area contributed by atoms with Gasteiger partial charge in [0.15, 0.2) is 0 Å². The molecule has 2 aliphatic rings. The lowest BCUT2D eigenvalue weighted by atomic mass is 10.0. The Balaban J connectivity index is 0.00000147. The van der Waals surface area contributed by atoms with Crippen LogP contribution >= 0.6 is 12.4 Å². The van der Waals surface area contributed by atoms with Crippen LogP contribution in [-0.4, -0.2) is 36.8 Å². The maximum Gasteiger partial charge on any atom is 0.573 e. The summed E-state index contributed by atoms with van der Waals surface area (Å²) in [7, 11) is 0. The number of hydrogen-bond donors (Lipinski definition) is 1. The maximum atomic E-state index is 12.3. The highest BCUT2D eigenvalue weighted by Crippen LogP contribution is 2.40. The zero-order chi connectivity index (χ0) is 13.6. The Labute approximate surface area is 119 Å². The van der Waals surface area contributed by atoms with Gasteiger partial charge in [-0.05, 0) is 11.6 Å². The SMILES string of the molecule is Cl.O=C1c2c(OC(F)(F)F)cccc2[C@@H]2CNCCN12. The van der Waals surface area contributed by atoms with Gasteiger partial charge in [0.1, 0.15) is 5.75 Å². The summed E-state index contributed by atoms with van der Waals surface area (Å²) in [5, 5.41) is 3.13. The molecule has 110 valence electrons. The first kappa shape index (κ1) is 14.9. The molecule has 0 saturated carbocycles. The van der Waals surface area contributed by atoms with Crippen LogP contribution in [0.1, 0.15) is 22.0 Å². The van der Waals surface area contributed by atoms with Crippen LogP contribution in [0.5, 0.6) is 5.75 Å². The first-order valence-electron chi connectivity index (χ1n) is 5.88. The number of piperazine rings is 1. The number of amides is 1. The van der Waals surface area contributed by atoms with Gasteiger partial charge in [-0.15, -0.1) is 25.6 Å². The Bertz CT molecular complexity index is 536. The fourth-order valence-electron chi connectivity index (χ4n) is 2.63. The molecule has 0 spiro atoms. The molecule has 20 heavy (non-hydrogen) atoms. The Morgan fingerprint density at radius 1 is 1.35 bits per heavy atom. The van der Waals surface area contributed by atoms with E-state index in [1.807, 2.05) is 0 Å². The standard InChI is InChI=1S/C12H11F3N2O2.ClH/c13-12(14,15)19-9-3-1-2-7-8-6-16-4-5-17(8)11(18)10(7)9;/h1-3,8,16H,4-6H2;1H/t8-;/m0./s1. The minimum Gasteiger partial charge on any atom is -0.405 e. The van der Waals surface area contributed by atoms with Gasteiger partial charge in [0.05, 0.1) is 11.6 Å². The van der Waals surface area contributed by atoms with Crippen molar-refractivity contribution in [2.45, 2.75) is 12.4 Å². The second-order valence-corrected chi connectivity index (χ2v) is 4.49. The van der Waals surface area contributed by atoms with Crippen LogP contribution in [0.15, 0.2) is 18.2 Å². The van der Waals surface area contributed by atoms with Gasteiger partial charge in [-0.1, -0.05) is 12.1 Å². The number of ether oxygens (including phenoxy) is 1. The average Bonchev–Trinajstić information content (AvgIpc) is 2.63. The molecule has 3 rings (SSSR count). The molecular weight excluding hydrogens is 297 g/mol. The highest BCUT2D eigenvalue weighted by atomic mass is 35.5. The first-order valence-corrected chi connectivity index (χ1v) is 5.88. The zero-order valence-electron chi connectivity index (χ0n) is 10.2. The van der Waals surface area contributed by atoms with Gasteiger partial charge in [0.25, 0.3) is 5.91 Å². The van der Waals surface area contributed by atoms with E-state index >= 15 is 0 Å². The minimum absolute atomic E-state index is 0. The summed E-state index contributed by atoms with van der Waals surface area (Å²) in [5.41, 5.74) is 0.632. The van der Waals surface area contributed by atoms with E-state index < -0.39 is 12.1 Å². The van der Waals surface area contributed by atoms with Gasteiger partial charge in [-0.25, -0.2) is 0 Å². The van der Waals surface area contributed by atoms with Crippen LogP contribution in [0, 0.1) is 0 Å². The molecule has 0 bridgehead atoms. The number of rotatable bonds is 1. The largest absolute Gasteiger partial charge is 0.573 e. The second-order valence-electron chi connectivity index (χ2n) is 4.49. The van der Waals surface area contributed by atoms with Crippen molar-refractivity contribution >= 4 is 18.3 Å². The average molecular weight is 309 g/mol. The molecule has 1 aromatic carbocycles. The van der Waals surface area contributed by atoms with Crippen molar-refractivity contribution in [3.63, 3.8) is 0 Å². The van der Waals surface area contributed by atoms with Crippen molar-refractivity contribution in [3.8, 4) is 5.75 Å². The molecule has 0 unspecified atom stereocenters. The predicted molar refractivity (Wildman–Crippen MR) is 67.0 cm³/mol. The first-order chi connectivity index (χ1) is 8.97. The van der Waals surface area contributed by atoms with E-state index in [1.165, 1.54) is 12.1 Å².